The van der Waals surface area contributed by atoms with Crippen LogP contribution in [0.3, 0.4) is 0 Å². The number of likely N-dealkylation sites (tertiary alicyclic amines) is 1. The Morgan fingerprint density at radius 1 is 1.12 bits per heavy atom. The zero-order valence-corrected chi connectivity index (χ0v) is 19.0. The predicted octanol–water partition coefficient (Wildman–Crippen LogP) is 6.67. The molecular formula is C24H25F3N4OS. The van der Waals surface area contributed by atoms with Gasteiger partial charge in [0.05, 0.1) is 21.1 Å². The Hall–Kier alpha value is -2.91. The molecule has 0 unspecified atom stereocenters. The molecule has 2 aromatic carbocycles. The second kappa shape index (κ2) is 9.93. The summed E-state index contributed by atoms with van der Waals surface area (Å²) in [5.74, 6) is 0.465. The molecule has 1 fully saturated rings. The molecule has 174 valence electrons. The number of urea groups is 1. The average Bonchev–Trinajstić information content (AvgIpc) is 3.29. The van der Waals surface area contributed by atoms with Crippen LogP contribution < -0.4 is 10.6 Å². The summed E-state index contributed by atoms with van der Waals surface area (Å²) in [5.41, 5.74) is 0.203. The lowest BCUT2D eigenvalue weighted by Crippen LogP contribution is -2.32. The third-order valence-corrected chi connectivity index (χ3v) is 7.00. The molecule has 0 atom stereocenters. The zero-order valence-electron chi connectivity index (χ0n) is 18.2. The smallest absolute Gasteiger partial charge is 0.308 e. The van der Waals surface area contributed by atoms with Crippen LogP contribution in [0.5, 0.6) is 0 Å². The number of carbonyl (C=O) groups is 1. The molecular weight excluding hydrogens is 449 g/mol. The zero-order chi connectivity index (χ0) is 23.4. The summed E-state index contributed by atoms with van der Waals surface area (Å²) in [6.07, 6.45) is -0.504. The lowest BCUT2D eigenvalue weighted by molar-refractivity contribution is -0.136. The summed E-state index contributed by atoms with van der Waals surface area (Å²) < 4.78 is 39.5. The molecule has 0 aliphatic carbocycles. The maximum atomic E-state index is 13.2. The number of amides is 2. The highest BCUT2D eigenvalue weighted by molar-refractivity contribution is 7.15. The SMILES string of the molecule is CCN1CCC(c2ncc(-c3cccc(NC(=O)Nc4ccccc4C(F)(F)F)c3)s2)CC1. The molecule has 1 aliphatic heterocycles. The molecule has 0 bridgehead atoms. The van der Waals surface area contributed by atoms with Crippen LogP contribution in [0.4, 0.5) is 29.3 Å². The molecule has 0 spiro atoms. The number of hydrogen-bond acceptors (Lipinski definition) is 4. The fourth-order valence-corrected chi connectivity index (χ4v) is 5.06. The molecule has 9 heteroatoms. The Kier molecular flexibility index (Phi) is 6.99. The van der Waals surface area contributed by atoms with Gasteiger partial charge in [-0.1, -0.05) is 31.2 Å². The Morgan fingerprint density at radius 2 is 1.88 bits per heavy atom. The maximum absolute atomic E-state index is 13.2. The summed E-state index contributed by atoms with van der Waals surface area (Å²) in [4.78, 5) is 20.4. The van der Waals surface area contributed by atoms with Gasteiger partial charge in [-0.05, 0) is 62.3 Å². The van der Waals surface area contributed by atoms with Crippen molar-refractivity contribution in [2.75, 3.05) is 30.3 Å². The third-order valence-electron chi connectivity index (χ3n) is 5.79. The average molecular weight is 475 g/mol. The predicted molar refractivity (Wildman–Crippen MR) is 126 cm³/mol. The first-order valence-corrected chi connectivity index (χ1v) is 11.7. The monoisotopic (exact) mass is 474 g/mol. The van der Waals surface area contributed by atoms with Crippen molar-refractivity contribution in [3.63, 3.8) is 0 Å². The number of rotatable bonds is 5. The number of nitrogens with zero attached hydrogens (tertiary/aromatic N) is 2. The van der Waals surface area contributed by atoms with Crippen LogP contribution in [0.1, 0.15) is 36.3 Å². The van der Waals surface area contributed by atoms with Crippen LogP contribution in [0.15, 0.2) is 54.7 Å². The molecule has 5 nitrogen and oxygen atoms in total. The summed E-state index contributed by atoms with van der Waals surface area (Å²) in [6, 6.07) is 11.4. The number of carbonyl (C=O) groups excluding carboxylic acids is 1. The molecule has 2 amide bonds. The highest BCUT2D eigenvalue weighted by Gasteiger charge is 2.33. The van der Waals surface area contributed by atoms with E-state index in [1.54, 1.807) is 29.5 Å². The van der Waals surface area contributed by atoms with E-state index in [0.717, 1.165) is 54.0 Å². The summed E-state index contributed by atoms with van der Waals surface area (Å²) in [6.45, 7) is 5.42. The van der Waals surface area contributed by atoms with Crippen molar-refractivity contribution in [3.05, 3.63) is 65.3 Å². The van der Waals surface area contributed by atoms with Crippen LogP contribution in [0.25, 0.3) is 10.4 Å². The van der Waals surface area contributed by atoms with Crippen LogP contribution >= 0.6 is 11.3 Å². The fourth-order valence-electron chi connectivity index (χ4n) is 3.98. The van der Waals surface area contributed by atoms with Gasteiger partial charge in [0, 0.05) is 17.8 Å². The number of halogens is 3. The molecule has 1 aromatic heterocycles. The van der Waals surface area contributed by atoms with E-state index in [0.29, 0.717) is 11.6 Å². The van der Waals surface area contributed by atoms with E-state index in [1.165, 1.54) is 18.2 Å². The standard InChI is InChI=1S/C24H25F3N4OS/c1-2-31-12-10-16(11-13-31)22-28-15-21(33-22)17-6-5-7-18(14-17)29-23(32)30-20-9-4-3-8-19(20)24(25,26)27/h3-9,14-16H,2,10-13H2,1H3,(H2,29,30,32). The molecule has 3 aromatic rings. The number of thiazole rings is 1. The molecule has 0 saturated carbocycles. The van der Waals surface area contributed by atoms with Crippen molar-refractivity contribution < 1.29 is 18.0 Å². The summed E-state index contributed by atoms with van der Waals surface area (Å²) in [5, 5.41) is 6.04. The van der Waals surface area contributed by atoms with Crippen LogP contribution in [-0.2, 0) is 6.18 Å². The van der Waals surface area contributed by atoms with E-state index in [9.17, 15) is 18.0 Å². The second-order valence-electron chi connectivity index (χ2n) is 7.97. The molecule has 1 saturated heterocycles. The third kappa shape index (κ3) is 5.72. The maximum Gasteiger partial charge on any atom is 0.418 e. The lowest BCUT2D eigenvalue weighted by Gasteiger charge is -2.29. The van der Waals surface area contributed by atoms with Gasteiger partial charge < -0.3 is 15.5 Å². The van der Waals surface area contributed by atoms with E-state index in [4.69, 9.17) is 0 Å². The largest absolute Gasteiger partial charge is 0.418 e. The van der Waals surface area contributed by atoms with Gasteiger partial charge in [0.15, 0.2) is 0 Å². The van der Waals surface area contributed by atoms with Gasteiger partial charge in [0.25, 0.3) is 0 Å². The molecule has 0 radical (unpaired) electrons. The van der Waals surface area contributed by atoms with Crippen molar-refractivity contribution in [1.29, 1.82) is 0 Å². The van der Waals surface area contributed by atoms with E-state index >= 15 is 0 Å². The Morgan fingerprint density at radius 3 is 2.61 bits per heavy atom. The van der Waals surface area contributed by atoms with Crippen molar-refractivity contribution in [2.24, 2.45) is 0 Å². The van der Waals surface area contributed by atoms with Gasteiger partial charge >= 0.3 is 12.2 Å². The Bertz CT molecular complexity index is 1110. The summed E-state index contributed by atoms with van der Waals surface area (Å²) in [7, 11) is 0. The van der Waals surface area contributed by atoms with Crippen molar-refractivity contribution in [2.45, 2.75) is 31.9 Å². The second-order valence-corrected chi connectivity index (χ2v) is 9.04. The van der Waals surface area contributed by atoms with Crippen molar-refractivity contribution in [1.82, 2.24) is 9.88 Å². The van der Waals surface area contributed by atoms with Gasteiger partial charge in [-0.2, -0.15) is 13.2 Å². The number of piperidine rings is 1. The van der Waals surface area contributed by atoms with Gasteiger partial charge in [0.2, 0.25) is 0 Å². The van der Waals surface area contributed by atoms with Crippen LogP contribution in [-0.4, -0.2) is 35.5 Å². The minimum atomic E-state index is -4.55. The van der Waals surface area contributed by atoms with Crippen molar-refractivity contribution in [3.8, 4) is 10.4 Å². The van der Waals surface area contributed by atoms with Crippen LogP contribution in [0, 0.1) is 0 Å². The fraction of sp³-hybridized carbons (Fsp3) is 0.333. The Labute approximate surface area is 194 Å². The quantitative estimate of drug-likeness (QED) is 0.434. The van der Waals surface area contributed by atoms with E-state index in [-0.39, 0.29) is 5.69 Å². The normalized spacial score (nSPS) is 15.4. The Balaban J connectivity index is 1.43. The molecule has 2 heterocycles. The highest BCUT2D eigenvalue weighted by Crippen LogP contribution is 2.36. The van der Waals surface area contributed by atoms with Gasteiger partial charge in [-0.15, -0.1) is 11.3 Å². The molecule has 33 heavy (non-hydrogen) atoms. The first kappa shape index (κ1) is 23.3. The van der Waals surface area contributed by atoms with Crippen molar-refractivity contribution >= 4 is 28.7 Å². The topological polar surface area (TPSA) is 57.3 Å². The number of benzene rings is 2. The van der Waals surface area contributed by atoms with Gasteiger partial charge in [-0.3, -0.25) is 0 Å². The minimum Gasteiger partial charge on any atom is -0.308 e. The first-order chi connectivity index (χ1) is 15.8. The summed E-state index contributed by atoms with van der Waals surface area (Å²) >= 11 is 1.65. The molecule has 1 aliphatic rings. The molecule has 4 rings (SSSR count). The van der Waals surface area contributed by atoms with E-state index < -0.39 is 17.8 Å². The molecule has 2 N–H and O–H groups in total. The lowest BCUT2D eigenvalue weighted by atomic mass is 9.98. The van der Waals surface area contributed by atoms with Gasteiger partial charge in [-0.25, -0.2) is 9.78 Å². The number of aromatic nitrogens is 1. The number of alkyl halides is 3. The van der Waals surface area contributed by atoms with E-state index in [1.807, 2.05) is 12.3 Å². The number of nitrogens with one attached hydrogen (secondary N) is 2. The number of para-hydroxylation sites is 1. The number of hydrogen-bond donors (Lipinski definition) is 2. The highest BCUT2D eigenvalue weighted by atomic mass is 32.1. The number of anilines is 2. The van der Waals surface area contributed by atoms with Crippen LogP contribution in [0.2, 0.25) is 0 Å². The minimum absolute atomic E-state index is 0.292. The van der Waals surface area contributed by atoms with Gasteiger partial charge in [0.1, 0.15) is 0 Å². The first-order valence-electron chi connectivity index (χ1n) is 10.9. The van der Waals surface area contributed by atoms with E-state index in [2.05, 4.69) is 27.4 Å².